The first kappa shape index (κ1) is 18.6. The van der Waals surface area contributed by atoms with Crippen molar-refractivity contribution in [1.82, 2.24) is 5.32 Å². The monoisotopic (exact) mass is 276 g/mol. The summed E-state index contributed by atoms with van der Waals surface area (Å²) in [6, 6.07) is -0.842. The molecule has 0 spiro atoms. The van der Waals surface area contributed by atoms with Crippen molar-refractivity contribution in [2.45, 2.75) is 47.0 Å². The summed E-state index contributed by atoms with van der Waals surface area (Å²) in [5, 5.41) is 14.2. The van der Waals surface area contributed by atoms with E-state index in [4.69, 9.17) is 0 Å². The van der Waals surface area contributed by atoms with Gasteiger partial charge < -0.3 is 5.11 Å². The average molecular weight is 276 g/mol. The molecule has 2 atom stereocenters. The molecule has 0 aromatic rings. The number of carbonyl (C=O) groups excluding carboxylic acids is 2. The van der Waals surface area contributed by atoms with Crippen molar-refractivity contribution in [3.63, 3.8) is 0 Å². The van der Waals surface area contributed by atoms with Crippen molar-refractivity contribution < 1.29 is 44.3 Å². The Morgan fingerprint density at radius 1 is 1.26 bits per heavy atom. The Morgan fingerprint density at radius 3 is 2.26 bits per heavy atom. The predicted octanol–water partition coefficient (Wildman–Crippen LogP) is -1.53. The molecule has 0 fully saturated rings. The average Bonchev–Trinajstić information content (AvgIpc) is 2.26. The number of nitrogens with one attached hydrogen (secondary N) is 1. The van der Waals surface area contributed by atoms with Gasteiger partial charge in [-0.2, -0.15) is 0 Å². The first-order valence-electron chi connectivity index (χ1n) is 6.46. The third-order valence-corrected chi connectivity index (χ3v) is 3.79. The van der Waals surface area contributed by atoms with Gasteiger partial charge in [0.2, 0.25) is 5.91 Å². The Kier molecular flexibility index (Phi) is 7.26. The van der Waals surface area contributed by atoms with Crippen molar-refractivity contribution in [1.29, 1.82) is 0 Å². The van der Waals surface area contributed by atoms with Crippen LogP contribution in [-0.4, -0.2) is 17.8 Å². The Morgan fingerprint density at radius 2 is 1.84 bits per heavy atom. The number of hydrogen-bond acceptors (Lipinski definition) is 3. The van der Waals surface area contributed by atoms with Crippen molar-refractivity contribution in [3.8, 4) is 0 Å². The van der Waals surface area contributed by atoms with E-state index < -0.39 is 23.3 Å². The van der Waals surface area contributed by atoms with Crippen molar-refractivity contribution in [3.05, 3.63) is 0 Å². The SMILES string of the molecule is CCC1(C(C)CCC(C)C)C(=O)NC(=O)N=C1[O-].[Na+]. The fraction of sp³-hybridized carbons (Fsp3) is 0.769. The normalized spacial score (nSPS) is 24.6. The van der Waals surface area contributed by atoms with Crippen molar-refractivity contribution in [2.75, 3.05) is 0 Å². The smallest absolute Gasteiger partial charge is 0.861 e. The van der Waals surface area contributed by atoms with Crippen LogP contribution in [0.4, 0.5) is 4.79 Å². The van der Waals surface area contributed by atoms with Gasteiger partial charge in [-0.05, 0) is 30.6 Å². The molecule has 0 aromatic carbocycles. The summed E-state index contributed by atoms with van der Waals surface area (Å²) < 4.78 is 0. The third kappa shape index (κ3) is 3.80. The molecule has 0 aliphatic carbocycles. The molecule has 0 bridgehead atoms. The molecule has 19 heavy (non-hydrogen) atoms. The fourth-order valence-corrected chi connectivity index (χ4v) is 2.45. The van der Waals surface area contributed by atoms with Crippen molar-refractivity contribution >= 4 is 17.8 Å². The van der Waals surface area contributed by atoms with Crippen LogP contribution in [0.2, 0.25) is 0 Å². The molecule has 1 heterocycles. The minimum absolute atomic E-state index is 0. The predicted molar refractivity (Wildman–Crippen MR) is 66.9 cm³/mol. The minimum Gasteiger partial charge on any atom is -0.861 e. The van der Waals surface area contributed by atoms with Crippen LogP contribution in [-0.2, 0) is 4.79 Å². The van der Waals surface area contributed by atoms with Crippen LogP contribution in [0, 0.1) is 17.3 Å². The van der Waals surface area contributed by atoms with E-state index in [0.717, 1.165) is 12.8 Å². The number of amides is 3. The molecule has 3 amide bonds. The van der Waals surface area contributed by atoms with E-state index in [-0.39, 0.29) is 35.5 Å². The second kappa shape index (κ2) is 7.41. The molecule has 1 rings (SSSR count). The van der Waals surface area contributed by atoms with E-state index in [0.29, 0.717) is 12.3 Å². The van der Waals surface area contributed by atoms with E-state index >= 15 is 0 Å². The zero-order chi connectivity index (χ0) is 13.9. The topological polar surface area (TPSA) is 81.6 Å². The Hall–Kier alpha value is -0.390. The maximum absolute atomic E-state index is 12.0. The largest absolute Gasteiger partial charge is 1.00 e. The molecule has 5 nitrogen and oxygen atoms in total. The molecule has 0 saturated carbocycles. The molecule has 6 heteroatoms. The number of urea groups is 1. The van der Waals surface area contributed by atoms with Crippen LogP contribution in [0.3, 0.4) is 0 Å². The summed E-state index contributed by atoms with van der Waals surface area (Å²) in [5.41, 5.74) is -1.16. The van der Waals surface area contributed by atoms with E-state index in [1.165, 1.54) is 0 Å². The van der Waals surface area contributed by atoms with E-state index in [2.05, 4.69) is 24.2 Å². The molecule has 2 unspecified atom stereocenters. The fourth-order valence-electron chi connectivity index (χ4n) is 2.45. The van der Waals surface area contributed by atoms with Crippen LogP contribution in [0.1, 0.15) is 47.0 Å². The Bertz CT molecular complexity index is 382. The zero-order valence-electron chi connectivity index (χ0n) is 12.4. The molecule has 1 N–H and O–H groups in total. The standard InChI is InChI=1S/C13H22N2O3.Na/c1-5-13(9(4)7-6-8(2)3)10(16)14-12(18)15-11(13)17;/h8-9H,5-7H2,1-4H3,(H2,14,15,16,17,18);/q;+1/p-1. The maximum Gasteiger partial charge on any atom is 1.00 e. The number of aliphatic imine (C=N–C) groups is 1. The molecule has 0 aromatic heterocycles. The van der Waals surface area contributed by atoms with Gasteiger partial charge >= 0.3 is 35.6 Å². The van der Waals surface area contributed by atoms with Gasteiger partial charge in [-0.15, -0.1) is 0 Å². The second-order valence-corrected chi connectivity index (χ2v) is 5.37. The zero-order valence-corrected chi connectivity index (χ0v) is 14.4. The summed E-state index contributed by atoms with van der Waals surface area (Å²) in [4.78, 5) is 26.5. The van der Waals surface area contributed by atoms with Gasteiger partial charge in [0, 0.05) is 0 Å². The van der Waals surface area contributed by atoms with Crippen LogP contribution >= 0.6 is 0 Å². The van der Waals surface area contributed by atoms with Crippen LogP contribution < -0.4 is 40.0 Å². The third-order valence-electron chi connectivity index (χ3n) is 3.79. The number of hydrogen-bond donors (Lipinski definition) is 1. The van der Waals surface area contributed by atoms with E-state index in [9.17, 15) is 14.7 Å². The first-order valence-corrected chi connectivity index (χ1v) is 6.46. The molecular formula is C13H21N2NaO3. The minimum atomic E-state index is -1.16. The Labute approximate surface area is 136 Å². The van der Waals surface area contributed by atoms with Gasteiger partial charge in [-0.1, -0.05) is 34.1 Å². The van der Waals surface area contributed by atoms with Gasteiger partial charge in [0.1, 0.15) is 0 Å². The van der Waals surface area contributed by atoms with Crippen LogP contribution in [0.25, 0.3) is 0 Å². The summed E-state index contributed by atoms with van der Waals surface area (Å²) in [7, 11) is 0. The number of imide groups is 1. The molecule has 102 valence electrons. The first-order chi connectivity index (χ1) is 8.34. The number of carbonyl (C=O) groups is 2. The van der Waals surface area contributed by atoms with Crippen LogP contribution in [0.5, 0.6) is 0 Å². The quantitative estimate of drug-likeness (QED) is 0.618. The summed E-state index contributed by atoms with van der Waals surface area (Å²) in [5.74, 6) is -0.683. The van der Waals surface area contributed by atoms with Gasteiger partial charge in [0.05, 0.1) is 5.41 Å². The summed E-state index contributed by atoms with van der Waals surface area (Å²) in [6.07, 6.45) is 2.08. The molecule has 0 radical (unpaired) electrons. The van der Waals surface area contributed by atoms with Gasteiger partial charge in [0.25, 0.3) is 0 Å². The maximum atomic E-state index is 12.0. The molecule has 0 saturated heterocycles. The van der Waals surface area contributed by atoms with E-state index in [1.807, 2.05) is 6.92 Å². The summed E-state index contributed by atoms with van der Waals surface area (Å²) >= 11 is 0. The summed E-state index contributed by atoms with van der Waals surface area (Å²) in [6.45, 7) is 7.87. The Balaban J connectivity index is 0.00000324. The molecule has 1 aliphatic heterocycles. The molecular weight excluding hydrogens is 255 g/mol. The molecule has 1 aliphatic rings. The van der Waals surface area contributed by atoms with Crippen LogP contribution in [0.15, 0.2) is 4.99 Å². The number of nitrogens with zero attached hydrogens (tertiary/aromatic N) is 1. The van der Waals surface area contributed by atoms with Crippen molar-refractivity contribution in [2.24, 2.45) is 22.2 Å². The van der Waals surface area contributed by atoms with Gasteiger partial charge in [0.15, 0.2) is 0 Å². The van der Waals surface area contributed by atoms with E-state index in [1.54, 1.807) is 6.92 Å². The van der Waals surface area contributed by atoms with Gasteiger partial charge in [-0.25, -0.2) is 9.79 Å². The van der Waals surface area contributed by atoms with Gasteiger partial charge in [-0.3, -0.25) is 10.1 Å². The second-order valence-electron chi connectivity index (χ2n) is 5.37. The number of rotatable bonds is 5.